The van der Waals surface area contributed by atoms with Crippen LogP contribution >= 0.6 is 0 Å². The Hall–Kier alpha value is -2.36. The van der Waals surface area contributed by atoms with Crippen LogP contribution in [-0.4, -0.2) is 30.6 Å². The Kier molecular flexibility index (Phi) is 5.47. The van der Waals surface area contributed by atoms with Gasteiger partial charge in [-0.1, -0.05) is 25.1 Å². The highest BCUT2D eigenvalue weighted by molar-refractivity contribution is 5.70. The van der Waals surface area contributed by atoms with E-state index < -0.39 is 0 Å². The number of para-hydroxylation sites is 1. The Labute approximate surface area is 143 Å². The maximum absolute atomic E-state index is 12.1. The molecule has 0 saturated carbocycles. The molecule has 1 aromatic carbocycles. The van der Waals surface area contributed by atoms with Crippen molar-refractivity contribution >= 4 is 11.7 Å². The zero-order chi connectivity index (χ0) is 16.8. The van der Waals surface area contributed by atoms with E-state index in [1.165, 1.54) is 5.69 Å². The fourth-order valence-corrected chi connectivity index (χ4v) is 3.17. The first kappa shape index (κ1) is 16.5. The molecular formula is C20H24N2O2. The lowest BCUT2D eigenvalue weighted by molar-refractivity contribution is -0.145. The van der Waals surface area contributed by atoms with Crippen molar-refractivity contribution in [2.75, 3.05) is 24.6 Å². The third-order valence-corrected chi connectivity index (χ3v) is 4.64. The number of nitrogens with zero attached hydrogens (tertiary/aromatic N) is 2. The van der Waals surface area contributed by atoms with Gasteiger partial charge in [0.25, 0.3) is 0 Å². The van der Waals surface area contributed by atoms with Crippen LogP contribution in [0.4, 0.5) is 5.69 Å². The number of hydrogen-bond acceptors (Lipinski definition) is 4. The first-order valence-electron chi connectivity index (χ1n) is 8.58. The van der Waals surface area contributed by atoms with E-state index in [1.54, 1.807) is 12.4 Å². The maximum atomic E-state index is 12.1. The SMILES string of the molecule is C[C@@H](CC(=O)OC[C@H]1CCN(c2ccccc2)C1)c1ccncc1. The number of rotatable bonds is 6. The lowest BCUT2D eigenvalue weighted by atomic mass is 9.99. The summed E-state index contributed by atoms with van der Waals surface area (Å²) in [6.07, 6.45) is 5.00. The standard InChI is InChI=1S/C20H24N2O2/c1-16(18-7-10-21-11-8-18)13-20(23)24-15-17-9-12-22(14-17)19-5-3-2-4-6-19/h2-8,10-11,16-17H,9,12-15H2,1H3/t16-,17-/m0/s1. The third kappa shape index (κ3) is 4.34. The van der Waals surface area contributed by atoms with Gasteiger partial charge < -0.3 is 9.64 Å². The highest BCUT2D eigenvalue weighted by Crippen LogP contribution is 2.24. The lowest BCUT2D eigenvalue weighted by Gasteiger charge is -2.18. The van der Waals surface area contributed by atoms with E-state index in [2.05, 4.69) is 34.1 Å². The molecule has 1 fully saturated rings. The first-order chi connectivity index (χ1) is 11.7. The van der Waals surface area contributed by atoms with E-state index in [9.17, 15) is 4.79 Å². The van der Waals surface area contributed by atoms with Crippen molar-refractivity contribution in [2.24, 2.45) is 5.92 Å². The van der Waals surface area contributed by atoms with Gasteiger partial charge in [-0.25, -0.2) is 0 Å². The van der Waals surface area contributed by atoms with Crippen LogP contribution in [0.5, 0.6) is 0 Å². The highest BCUT2D eigenvalue weighted by atomic mass is 16.5. The van der Waals surface area contributed by atoms with Crippen LogP contribution in [0.1, 0.15) is 31.2 Å². The molecule has 1 aromatic heterocycles. The van der Waals surface area contributed by atoms with Crippen molar-refractivity contribution < 1.29 is 9.53 Å². The smallest absolute Gasteiger partial charge is 0.306 e. The number of ether oxygens (including phenoxy) is 1. The summed E-state index contributed by atoms with van der Waals surface area (Å²) in [5.41, 5.74) is 2.37. The molecule has 126 valence electrons. The zero-order valence-corrected chi connectivity index (χ0v) is 14.1. The summed E-state index contributed by atoms with van der Waals surface area (Å²) < 4.78 is 5.52. The summed E-state index contributed by atoms with van der Waals surface area (Å²) in [4.78, 5) is 18.4. The molecule has 24 heavy (non-hydrogen) atoms. The van der Waals surface area contributed by atoms with Crippen LogP contribution in [0, 0.1) is 5.92 Å². The van der Waals surface area contributed by atoms with Gasteiger partial charge in [0.2, 0.25) is 0 Å². The van der Waals surface area contributed by atoms with Gasteiger partial charge in [0, 0.05) is 37.1 Å². The second-order valence-corrected chi connectivity index (χ2v) is 6.50. The van der Waals surface area contributed by atoms with E-state index in [1.807, 2.05) is 25.1 Å². The number of aromatic nitrogens is 1. The Morgan fingerprint density at radius 3 is 2.75 bits per heavy atom. The number of carbonyl (C=O) groups excluding carboxylic acids is 1. The van der Waals surface area contributed by atoms with Gasteiger partial charge in [0.1, 0.15) is 0 Å². The maximum Gasteiger partial charge on any atom is 0.306 e. The molecule has 0 N–H and O–H groups in total. The quantitative estimate of drug-likeness (QED) is 0.761. The van der Waals surface area contributed by atoms with Crippen LogP contribution in [0.3, 0.4) is 0 Å². The van der Waals surface area contributed by atoms with Gasteiger partial charge in [-0.05, 0) is 42.2 Å². The van der Waals surface area contributed by atoms with Crippen LogP contribution in [-0.2, 0) is 9.53 Å². The van der Waals surface area contributed by atoms with Crippen molar-refractivity contribution in [2.45, 2.75) is 25.7 Å². The molecule has 2 atom stereocenters. The summed E-state index contributed by atoms with van der Waals surface area (Å²) in [5.74, 6) is 0.466. The molecule has 4 nitrogen and oxygen atoms in total. The van der Waals surface area contributed by atoms with Crippen LogP contribution in [0.15, 0.2) is 54.9 Å². The summed E-state index contributed by atoms with van der Waals surface area (Å²) in [6, 6.07) is 14.3. The molecule has 1 saturated heterocycles. The highest BCUT2D eigenvalue weighted by Gasteiger charge is 2.24. The predicted octanol–water partition coefficient (Wildman–Crippen LogP) is 3.64. The van der Waals surface area contributed by atoms with Gasteiger partial charge in [0.05, 0.1) is 13.0 Å². The first-order valence-corrected chi connectivity index (χ1v) is 8.58. The Bertz CT molecular complexity index is 645. The Morgan fingerprint density at radius 1 is 1.25 bits per heavy atom. The topological polar surface area (TPSA) is 42.4 Å². The average molecular weight is 324 g/mol. The van der Waals surface area contributed by atoms with Crippen molar-refractivity contribution in [3.63, 3.8) is 0 Å². The van der Waals surface area contributed by atoms with Gasteiger partial charge in [-0.2, -0.15) is 0 Å². The molecule has 0 amide bonds. The molecule has 1 aliphatic rings. The molecular weight excluding hydrogens is 300 g/mol. The summed E-state index contributed by atoms with van der Waals surface area (Å²) in [6.45, 7) is 4.55. The molecule has 4 heteroatoms. The zero-order valence-electron chi connectivity index (χ0n) is 14.1. The minimum Gasteiger partial charge on any atom is -0.465 e. The summed E-state index contributed by atoms with van der Waals surface area (Å²) >= 11 is 0. The monoisotopic (exact) mass is 324 g/mol. The molecule has 3 rings (SSSR count). The molecule has 2 aromatic rings. The minimum atomic E-state index is -0.113. The van der Waals surface area contributed by atoms with E-state index in [-0.39, 0.29) is 11.9 Å². The van der Waals surface area contributed by atoms with E-state index >= 15 is 0 Å². The number of benzene rings is 1. The summed E-state index contributed by atoms with van der Waals surface area (Å²) in [7, 11) is 0. The molecule has 0 radical (unpaired) electrons. The minimum absolute atomic E-state index is 0.113. The fraction of sp³-hybridized carbons (Fsp3) is 0.400. The molecule has 0 aliphatic carbocycles. The molecule has 0 bridgehead atoms. The molecule has 1 aliphatic heterocycles. The van der Waals surface area contributed by atoms with E-state index in [4.69, 9.17) is 4.74 Å². The number of pyridine rings is 1. The van der Waals surface area contributed by atoms with Gasteiger partial charge >= 0.3 is 5.97 Å². The number of anilines is 1. The molecule has 0 spiro atoms. The van der Waals surface area contributed by atoms with Crippen LogP contribution in [0.25, 0.3) is 0 Å². The van der Waals surface area contributed by atoms with Crippen molar-refractivity contribution in [3.8, 4) is 0 Å². The molecule has 2 heterocycles. The van der Waals surface area contributed by atoms with Gasteiger partial charge in [-0.15, -0.1) is 0 Å². The van der Waals surface area contributed by atoms with Crippen LogP contribution < -0.4 is 4.90 Å². The Morgan fingerprint density at radius 2 is 2.00 bits per heavy atom. The van der Waals surface area contributed by atoms with Crippen LogP contribution in [0.2, 0.25) is 0 Å². The third-order valence-electron chi connectivity index (χ3n) is 4.64. The summed E-state index contributed by atoms with van der Waals surface area (Å²) in [5, 5.41) is 0. The second kappa shape index (κ2) is 7.95. The number of hydrogen-bond donors (Lipinski definition) is 0. The fourth-order valence-electron chi connectivity index (χ4n) is 3.17. The van der Waals surface area contributed by atoms with E-state index in [0.717, 1.165) is 25.1 Å². The second-order valence-electron chi connectivity index (χ2n) is 6.50. The largest absolute Gasteiger partial charge is 0.465 e. The number of esters is 1. The molecule has 0 unspecified atom stereocenters. The average Bonchev–Trinajstić information content (AvgIpc) is 3.10. The van der Waals surface area contributed by atoms with Crippen molar-refractivity contribution in [3.05, 3.63) is 60.4 Å². The van der Waals surface area contributed by atoms with E-state index in [0.29, 0.717) is 18.9 Å². The Balaban J connectivity index is 1.42. The number of carbonyl (C=O) groups is 1. The lowest BCUT2D eigenvalue weighted by Crippen LogP contribution is -2.22. The normalized spacial score (nSPS) is 18.4. The van der Waals surface area contributed by atoms with Crippen molar-refractivity contribution in [1.82, 2.24) is 4.98 Å². The van der Waals surface area contributed by atoms with Gasteiger partial charge in [0.15, 0.2) is 0 Å². The predicted molar refractivity (Wildman–Crippen MR) is 95.0 cm³/mol. The van der Waals surface area contributed by atoms with Gasteiger partial charge in [-0.3, -0.25) is 9.78 Å². The van der Waals surface area contributed by atoms with Crippen molar-refractivity contribution in [1.29, 1.82) is 0 Å².